The highest BCUT2D eigenvalue weighted by atomic mass is 16.4. The van der Waals surface area contributed by atoms with Gasteiger partial charge in [0.15, 0.2) is 0 Å². The zero-order chi connectivity index (χ0) is 12.7. The maximum Gasteiger partial charge on any atom is 0.352 e. The molecular formula is C13H11N3O2. The van der Waals surface area contributed by atoms with Crippen molar-refractivity contribution in [2.24, 2.45) is 7.05 Å². The second kappa shape index (κ2) is 3.73. The first-order valence-corrected chi connectivity index (χ1v) is 5.50. The summed E-state index contributed by atoms with van der Waals surface area (Å²) in [6, 6.07) is 11.3. The van der Waals surface area contributed by atoms with Gasteiger partial charge in [0.05, 0.1) is 22.9 Å². The number of aromatic carboxylic acids is 1. The van der Waals surface area contributed by atoms with Crippen LogP contribution in [0.5, 0.6) is 0 Å². The lowest BCUT2D eigenvalue weighted by Crippen LogP contribution is -2.03. The fraction of sp³-hybridized carbons (Fsp3) is 0.0769. The molecule has 0 saturated carbocycles. The molecule has 0 radical (unpaired) electrons. The van der Waals surface area contributed by atoms with E-state index in [1.54, 1.807) is 28.6 Å². The molecule has 0 atom stereocenters. The first-order valence-electron chi connectivity index (χ1n) is 5.50. The number of para-hydroxylation sites is 1. The second-order valence-corrected chi connectivity index (χ2v) is 4.06. The molecule has 0 fully saturated rings. The smallest absolute Gasteiger partial charge is 0.352 e. The van der Waals surface area contributed by atoms with Crippen LogP contribution in [0.25, 0.3) is 16.7 Å². The van der Waals surface area contributed by atoms with E-state index >= 15 is 0 Å². The van der Waals surface area contributed by atoms with Gasteiger partial charge in [-0.05, 0) is 18.2 Å². The lowest BCUT2D eigenvalue weighted by atomic mass is 10.3. The van der Waals surface area contributed by atoms with Crippen LogP contribution >= 0.6 is 0 Å². The van der Waals surface area contributed by atoms with Crippen LogP contribution in [0.2, 0.25) is 0 Å². The molecule has 0 aliphatic heterocycles. The van der Waals surface area contributed by atoms with E-state index < -0.39 is 5.97 Å². The molecule has 1 aromatic carbocycles. The molecule has 0 amide bonds. The maximum absolute atomic E-state index is 11.1. The number of rotatable bonds is 2. The van der Waals surface area contributed by atoms with Gasteiger partial charge in [-0.2, -0.15) is 5.10 Å². The van der Waals surface area contributed by atoms with Crippen LogP contribution < -0.4 is 0 Å². The molecule has 18 heavy (non-hydrogen) atoms. The number of carboxylic acid groups (broad SMARTS) is 1. The summed E-state index contributed by atoms with van der Waals surface area (Å²) in [6.07, 6.45) is 1.68. The predicted octanol–water partition coefficient (Wildman–Crippen LogP) is 2.06. The number of carboxylic acids is 1. The van der Waals surface area contributed by atoms with Crippen LogP contribution in [0.4, 0.5) is 0 Å². The lowest BCUT2D eigenvalue weighted by Gasteiger charge is -2.00. The van der Waals surface area contributed by atoms with E-state index in [2.05, 4.69) is 5.10 Å². The summed E-state index contributed by atoms with van der Waals surface area (Å²) in [5.41, 5.74) is 2.76. The highest BCUT2D eigenvalue weighted by molar-refractivity contribution is 5.93. The van der Waals surface area contributed by atoms with Crippen molar-refractivity contribution < 1.29 is 9.90 Å². The topological polar surface area (TPSA) is 60.1 Å². The van der Waals surface area contributed by atoms with E-state index in [1.807, 2.05) is 30.3 Å². The highest BCUT2D eigenvalue weighted by Crippen LogP contribution is 2.21. The molecule has 3 rings (SSSR count). The van der Waals surface area contributed by atoms with Crippen molar-refractivity contribution >= 4 is 17.0 Å². The summed E-state index contributed by atoms with van der Waals surface area (Å²) < 4.78 is 3.37. The largest absolute Gasteiger partial charge is 0.477 e. The van der Waals surface area contributed by atoms with Crippen molar-refractivity contribution in [2.45, 2.75) is 0 Å². The first kappa shape index (κ1) is 10.6. The molecule has 5 nitrogen and oxygen atoms in total. The third-order valence-electron chi connectivity index (χ3n) is 3.00. The Kier molecular flexibility index (Phi) is 2.19. The van der Waals surface area contributed by atoms with Gasteiger partial charge in [0, 0.05) is 7.05 Å². The third-order valence-corrected chi connectivity index (χ3v) is 3.00. The van der Waals surface area contributed by atoms with Crippen LogP contribution in [0.15, 0.2) is 42.6 Å². The maximum atomic E-state index is 11.1. The average molecular weight is 241 g/mol. The van der Waals surface area contributed by atoms with E-state index in [1.165, 1.54) is 0 Å². The van der Waals surface area contributed by atoms with Gasteiger partial charge in [-0.15, -0.1) is 0 Å². The van der Waals surface area contributed by atoms with Gasteiger partial charge in [-0.3, -0.25) is 0 Å². The van der Waals surface area contributed by atoms with Gasteiger partial charge in [-0.25, -0.2) is 9.48 Å². The summed E-state index contributed by atoms with van der Waals surface area (Å²) in [7, 11) is 1.72. The quantitative estimate of drug-likeness (QED) is 0.747. The number of aryl methyl sites for hydroxylation is 1. The van der Waals surface area contributed by atoms with Crippen molar-refractivity contribution in [3.8, 4) is 5.69 Å². The monoisotopic (exact) mass is 241 g/mol. The average Bonchev–Trinajstić information content (AvgIpc) is 2.91. The van der Waals surface area contributed by atoms with E-state index in [-0.39, 0.29) is 5.69 Å². The zero-order valence-corrected chi connectivity index (χ0v) is 9.74. The van der Waals surface area contributed by atoms with Crippen molar-refractivity contribution in [1.29, 1.82) is 0 Å². The van der Waals surface area contributed by atoms with E-state index in [0.717, 1.165) is 16.7 Å². The summed E-state index contributed by atoms with van der Waals surface area (Å²) in [5.74, 6) is -0.937. The number of hydrogen-bond donors (Lipinski definition) is 1. The van der Waals surface area contributed by atoms with Crippen molar-refractivity contribution in [3.63, 3.8) is 0 Å². The van der Waals surface area contributed by atoms with Gasteiger partial charge in [-0.1, -0.05) is 18.2 Å². The van der Waals surface area contributed by atoms with Gasteiger partial charge in [0.25, 0.3) is 0 Å². The number of fused-ring (bicyclic) bond motifs is 1. The second-order valence-electron chi connectivity index (χ2n) is 4.06. The Morgan fingerprint density at radius 1 is 1.22 bits per heavy atom. The van der Waals surface area contributed by atoms with Crippen LogP contribution in [-0.4, -0.2) is 25.4 Å². The first-order chi connectivity index (χ1) is 8.68. The molecule has 0 spiro atoms. The molecule has 0 saturated heterocycles. The summed E-state index contributed by atoms with van der Waals surface area (Å²) in [6.45, 7) is 0. The lowest BCUT2D eigenvalue weighted by molar-refractivity contribution is 0.0687. The molecule has 0 bridgehead atoms. The van der Waals surface area contributed by atoms with Crippen molar-refractivity contribution in [2.75, 3.05) is 0 Å². The Hall–Kier alpha value is -2.56. The van der Waals surface area contributed by atoms with Crippen LogP contribution in [0, 0.1) is 0 Å². The Morgan fingerprint density at radius 3 is 2.61 bits per heavy atom. The Morgan fingerprint density at radius 2 is 1.94 bits per heavy atom. The third kappa shape index (κ3) is 1.41. The van der Waals surface area contributed by atoms with E-state index in [9.17, 15) is 4.79 Å². The molecule has 0 unspecified atom stereocenters. The fourth-order valence-corrected chi connectivity index (χ4v) is 2.08. The summed E-state index contributed by atoms with van der Waals surface area (Å²) in [5, 5.41) is 13.4. The Balaban J connectivity index is 2.27. The minimum absolute atomic E-state index is 0.257. The standard InChI is InChI=1S/C13H11N3O2/c1-15-11(13(17)18)7-10-12(15)8-14-16(10)9-5-3-2-4-6-9/h2-8H,1H3,(H,17,18). The number of benzene rings is 1. The number of nitrogens with zero attached hydrogens (tertiary/aromatic N) is 3. The van der Waals surface area contributed by atoms with Crippen LogP contribution in [0.1, 0.15) is 10.5 Å². The van der Waals surface area contributed by atoms with E-state index in [0.29, 0.717) is 0 Å². The summed E-state index contributed by atoms with van der Waals surface area (Å²) >= 11 is 0. The molecule has 90 valence electrons. The number of carbonyl (C=O) groups is 1. The molecule has 0 aliphatic rings. The van der Waals surface area contributed by atoms with E-state index in [4.69, 9.17) is 5.11 Å². The Labute approximate surface area is 103 Å². The van der Waals surface area contributed by atoms with Gasteiger partial charge < -0.3 is 9.67 Å². The molecule has 0 aliphatic carbocycles. The Bertz CT molecular complexity index is 725. The fourth-order valence-electron chi connectivity index (χ4n) is 2.08. The predicted molar refractivity (Wildman–Crippen MR) is 67.0 cm³/mol. The zero-order valence-electron chi connectivity index (χ0n) is 9.74. The van der Waals surface area contributed by atoms with Crippen LogP contribution in [-0.2, 0) is 7.05 Å². The van der Waals surface area contributed by atoms with Crippen molar-refractivity contribution in [1.82, 2.24) is 14.3 Å². The SMILES string of the molecule is Cn1c(C(=O)O)cc2c1cnn2-c1ccccc1. The van der Waals surface area contributed by atoms with Crippen molar-refractivity contribution in [3.05, 3.63) is 48.3 Å². The molecule has 3 aromatic rings. The number of hydrogen-bond acceptors (Lipinski definition) is 2. The van der Waals surface area contributed by atoms with Gasteiger partial charge in [0.2, 0.25) is 0 Å². The molecule has 5 heteroatoms. The summed E-state index contributed by atoms with van der Waals surface area (Å²) in [4.78, 5) is 11.1. The molecular weight excluding hydrogens is 230 g/mol. The number of aromatic nitrogens is 3. The van der Waals surface area contributed by atoms with Crippen LogP contribution in [0.3, 0.4) is 0 Å². The minimum atomic E-state index is -0.937. The molecule has 2 heterocycles. The minimum Gasteiger partial charge on any atom is -0.477 e. The normalized spacial score (nSPS) is 10.9. The highest BCUT2D eigenvalue weighted by Gasteiger charge is 2.15. The van der Waals surface area contributed by atoms with Gasteiger partial charge >= 0.3 is 5.97 Å². The van der Waals surface area contributed by atoms with Gasteiger partial charge in [0.1, 0.15) is 5.69 Å². The molecule has 1 N–H and O–H groups in total. The molecule has 2 aromatic heterocycles.